The van der Waals surface area contributed by atoms with Gasteiger partial charge in [0.2, 0.25) is 0 Å². The van der Waals surface area contributed by atoms with Crippen LogP contribution in [0.4, 0.5) is 0 Å². The minimum atomic E-state index is -3.24. The third-order valence-corrected chi connectivity index (χ3v) is 5.47. The van der Waals surface area contributed by atoms with E-state index in [2.05, 4.69) is 4.99 Å². The van der Waals surface area contributed by atoms with Crippen LogP contribution < -0.4 is 0 Å². The Morgan fingerprint density at radius 1 is 1.05 bits per heavy atom. The predicted octanol–water partition coefficient (Wildman–Crippen LogP) is 3.79. The van der Waals surface area contributed by atoms with E-state index in [-0.39, 0.29) is 5.75 Å². The van der Waals surface area contributed by atoms with E-state index in [4.69, 9.17) is 0 Å². The maximum absolute atomic E-state index is 12.6. The summed E-state index contributed by atoms with van der Waals surface area (Å²) in [5.41, 5.74) is 1.10. The minimum Gasteiger partial charge on any atom is -0.301 e. The summed E-state index contributed by atoms with van der Waals surface area (Å²) in [6.07, 6.45) is 4.17. The lowest BCUT2D eigenvalue weighted by Gasteiger charge is -2.09. The van der Waals surface area contributed by atoms with Gasteiger partial charge in [0.15, 0.2) is 9.84 Å². The molecular formula is C17H21NO2S. The first-order valence-electron chi connectivity index (χ1n) is 7.18. The second kappa shape index (κ2) is 6.85. The molecule has 3 nitrogen and oxygen atoms in total. The normalized spacial score (nSPS) is 12.3. The second-order valence-electron chi connectivity index (χ2n) is 5.18. The van der Waals surface area contributed by atoms with Crippen molar-refractivity contribution in [2.45, 2.75) is 31.1 Å². The fourth-order valence-electron chi connectivity index (χ4n) is 2.48. The number of rotatable bonds is 6. The fourth-order valence-corrected chi connectivity index (χ4v) is 4.08. The van der Waals surface area contributed by atoms with Gasteiger partial charge in [-0.3, -0.25) is 0 Å². The summed E-state index contributed by atoms with van der Waals surface area (Å²) in [5.74, 6) is 0.192. The van der Waals surface area contributed by atoms with Gasteiger partial charge in [0.1, 0.15) is 0 Å². The lowest BCUT2D eigenvalue weighted by Crippen LogP contribution is -2.07. The van der Waals surface area contributed by atoms with E-state index in [1.54, 1.807) is 13.1 Å². The van der Waals surface area contributed by atoms with Crippen molar-refractivity contribution in [3.05, 3.63) is 42.0 Å². The lowest BCUT2D eigenvalue weighted by atomic mass is 10.1. The van der Waals surface area contributed by atoms with Gasteiger partial charge in [0.05, 0.1) is 10.6 Å². The van der Waals surface area contributed by atoms with Gasteiger partial charge in [-0.1, -0.05) is 30.3 Å². The monoisotopic (exact) mass is 303 g/mol. The largest absolute Gasteiger partial charge is 0.301 e. The fraction of sp³-hybridized carbons (Fsp3) is 0.353. The molecule has 0 aliphatic heterocycles. The Morgan fingerprint density at radius 2 is 1.76 bits per heavy atom. The smallest absolute Gasteiger partial charge is 0.178 e. The van der Waals surface area contributed by atoms with E-state index in [1.807, 2.05) is 43.5 Å². The molecule has 0 amide bonds. The standard InChI is InChI=1S/C17H21NO2S/c1-14-8-6-10-16-15(14)9-7-11-17(16)21(19,20)13-5-3-4-12-18-2/h6-12H,3-5,13H2,1-2H3. The van der Waals surface area contributed by atoms with Crippen LogP contribution in [0.2, 0.25) is 0 Å². The van der Waals surface area contributed by atoms with Crippen LogP contribution in [0, 0.1) is 6.92 Å². The first kappa shape index (κ1) is 15.7. The predicted molar refractivity (Wildman–Crippen MR) is 89.0 cm³/mol. The lowest BCUT2D eigenvalue weighted by molar-refractivity contribution is 0.593. The molecule has 0 aliphatic rings. The van der Waals surface area contributed by atoms with Gasteiger partial charge >= 0.3 is 0 Å². The molecule has 0 atom stereocenters. The van der Waals surface area contributed by atoms with E-state index in [9.17, 15) is 8.42 Å². The number of unbranched alkanes of at least 4 members (excludes halogenated alkanes) is 2. The van der Waals surface area contributed by atoms with Gasteiger partial charge in [-0.2, -0.15) is 0 Å². The van der Waals surface area contributed by atoms with Gasteiger partial charge in [0, 0.05) is 12.4 Å². The minimum absolute atomic E-state index is 0.192. The van der Waals surface area contributed by atoms with Crippen LogP contribution >= 0.6 is 0 Å². The van der Waals surface area contributed by atoms with Crippen LogP contribution in [0.15, 0.2) is 46.3 Å². The Labute approximate surface area is 126 Å². The molecule has 0 bridgehead atoms. The van der Waals surface area contributed by atoms with E-state index in [0.29, 0.717) is 11.3 Å². The number of aryl methyl sites for hydroxylation is 1. The van der Waals surface area contributed by atoms with Crippen molar-refractivity contribution >= 4 is 26.8 Å². The van der Waals surface area contributed by atoms with Crippen molar-refractivity contribution in [1.82, 2.24) is 0 Å². The molecule has 0 aromatic heterocycles. The van der Waals surface area contributed by atoms with E-state index in [1.165, 1.54) is 0 Å². The third kappa shape index (κ3) is 3.70. The molecule has 2 rings (SSSR count). The molecule has 21 heavy (non-hydrogen) atoms. The molecule has 112 valence electrons. The van der Waals surface area contributed by atoms with Crippen molar-refractivity contribution in [2.24, 2.45) is 4.99 Å². The number of aliphatic imine (C=N–C) groups is 1. The van der Waals surface area contributed by atoms with Gasteiger partial charge in [-0.15, -0.1) is 0 Å². The Bertz CT molecular complexity index is 748. The first-order chi connectivity index (χ1) is 10.1. The first-order valence-corrected chi connectivity index (χ1v) is 8.83. The summed E-state index contributed by atoms with van der Waals surface area (Å²) in [7, 11) is -1.50. The summed E-state index contributed by atoms with van der Waals surface area (Å²) < 4.78 is 25.1. The zero-order valence-electron chi connectivity index (χ0n) is 12.5. The van der Waals surface area contributed by atoms with Crippen LogP contribution in [0.25, 0.3) is 10.8 Å². The molecule has 0 unspecified atom stereocenters. The highest BCUT2D eigenvalue weighted by Gasteiger charge is 2.17. The molecule has 0 spiro atoms. The quantitative estimate of drug-likeness (QED) is 0.602. The molecule has 2 aromatic carbocycles. The van der Waals surface area contributed by atoms with Gasteiger partial charge in [-0.25, -0.2) is 8.42 Å². The number of benzene rings is 2. The average Bonchev–Trinajstić information content (AvgIpc) is 2.47. The van der Waals surface area contributed by atoms with Gasteiger partial charge in [-0.05, 0) is 49.4 Å². The van der Waals surface area contributed by atoms with Crippen LogP contribution in [0.1, 0.15) is 24.8 Å². The number of nitrogens with zero attached hydrogens (tertiary/aromatic N) is 1. The molecular weight excluding hydrogens is 282 g/mol. The number of fused-ring (bicyclic) bond motifs is 1. The number of sulfone groups is 1. The Hall–Kier alpha value is -1.68. The van der Waals surface area contributed by atoms with Crippen molar-refractivity contribution in [3.63, 3.8) is 0 Å². The summed E-state index contributed by atoms with van der Waals surface area (Å²) >= 11 is 0. The van der Waals surface area contributed by atoms with Crippen molar-refractivity contribution < 1.29 is 8.42 Å². The maximum Gasteiger partial charge on any atom is 0.178 e. The van der Waals surface area contributed by atoms with Crippen LogP contribution in [-0.4, -0.2) is 27.4 Å². The Balaban J connectivity index is 2.26. The molecule has 4 heteroatoms. The molecule has 0 saturated carbocycles. The molecule has 0 saturated heterocycles. The van der Waals surface area contributed by atoms with Gasteiger partial charge in [0.25, 0.3) is 0 Å². The molecule has 0 heterocycles. The summed E-state index contributed by atoms with van der Waals surface area (Å²) in [6, 6.07) is 11.3. The topological polar surface area (TPSA) is 46.5 Å². The summed E-state index contributed by atoms with van der Waals surface area (Å²) in [4.78, 5) is 4.36. The second-order valence-corrected chi connectivity index (χ2v) is 7.26. The average molecular weight is 303 g/mol. The SMILES string of the molecule is CN=CCCCCS(=O)(=O)c1cccc2c(C)cccc12. The van der Waals surface area contributed by atoms with E-state index < -0.39 is 9.84 Å². The highest BCUT2D eigenvalue weighted by atomic mass is 32.2. The van der Waals surface area contributed by atoms with E-state index in [0.717, 1.165) is 29.2 Å². The van der Waals surface area contributed by atoms with Crippen molar-refractivity contribution in [1.29, 1.82) is 0 Å². The van der Waals surface area contributed by atoms with Crippen LogP contribution in [0.5, 0.6) is 0 Å². The molecule has 0 radical (unpaired) electrons. The Morgan fingerprint density at radius 3 is 2.52 bits per heavy atom. The molecule has 0 N–H and O–H groups in total. The summed E-state index contributed by atoms with van der Waals surface area (Å²) in [5, 5.41) is 1.84. The maximum atomic E-state index is 12.6. The van der Waals surface area contributed by atoms with Crippen molar-refractivity contribution in [2.75, 3.05) is 12.8 Å². The highest BCUT2D eigenvalue weighted by Crippen LogP contribution is 2.26. The zero-order valence-corrected chi connectivity index (χ0v) is 13.4. The van der Waals surface area contributed by atoms with Crippen LogP contribution in [-0.2, 0) is 9.84 Å². The summed E-state index contributed by atoms with van der Waals surface area (Å²) in [6.45, 7) is 2.00. The molecule has 0 aliphatic carbocycles. The van der Waals surface area contributed by atoms with E-state index >= 15 is 0 Å². The van der Waals surface area contributed by atoms with Gasteiger partial charge < -0.3 is 4.99 Å². The van der Waals surface area contributed by atoms with Crippen LogP contribution in [0.3, 0.4) is 0 Å². The third-order valence-electron chi connectivity index (χ3n) is 3.61. The van der Waals surface area contributed by atoms with Crippen molar-refractivity contribution in [3.8, 4) is 0 Å². The highest BCUT2D eigenvalue weighted by molar-refractivity contribution is 7.91. The Kier molecular flexibility index (Phi) is 5.12. The molecule has 0 fully saturated rings. The number of hydrogen-bond acceptors (Lipinski definition) is 3. The molecule has 2 aromatic rings. The number of hydrogen-bond donors (Lipinski definition) is 0. The zero-order chi connectivity index (χ0) is 15.3.